The first kappa shape index (κ1) is 22.7. The number of carbonyl (C=O) groups excluding carboxylic acids is 1. The van der Waals surface area contributed by atoms with Gasteiger partial charge in [-0.05, 0) is 49.1 Å². The van der Waals surface area contributed by atoms with E-state index in [2.05, 4.69) is 15.0 Å². The molecule has 0 aromatic heterocycles. The molecular weight excluding hydrogens is 470 g/mol. The Kier molecular flexibility index (Phi) is 6.69. The number of amides is 1. The number of para-hydroxylation sites is 1. The molecular formula is C25H24ClN5O2S. The van der Waals surface area contributed by atoms with Crippen LogP contribution < -0.4 is 10.9 Å². The second-order valence-corrected chi connectivity index (χ2v) is 9.63. The third kappa shape index (κ3) is 4.74. The average molecular weight is 494 g/mol. The molecule has 1 amide bonds. The largest absolute Gasteiger partial charge is 0.351 e. The molecule has 0 radical (unpaired) electrons. The molecule has 0 unspecified atom stereocenters. The van der Waals surface area contributed by atoms with Gasteiger partial charge in [-0.2, -0.15) is 4.68 Å². The molecule has 0 fully saturated rings. The van der Waals surface area contributed by atoms with Gasteiger partial charge in [0.25, 0.3) is 5.56 Å². The van der Waals surface area contributed by atoms with E-state index in [0.29, 0.717) is 28.6 Å². The molecule has 3 aliphatic rings. The van der Waals surface area contributed by atoms with E-state index in [9.17, 15) is 9.59 Å². The highest BCUT2D eigenvalue weighted by Gasteiger charge is 2.27. The lowest BCUT2D eigenvalue weighted by atomic mass is 10.1. The number of benzene rings is 2. The fourth-order valence-electron chi connectivity index (χ4n) is 4.19. The molecule has 0 saturated heterocycles. The van der Waals surface area contributed by atoms with E-state index < -0.39 is 0 Å². The minimum Gasteiger partial charge on any atom is -0.351 e. The SMILES string of the molecule is O=C(CSc1nc2nn(-c3ccccc3)c(=O)c-2c2n1CCCCC2)NCc1ccc(Cl)cc1. The van der Waals surface area contributed by atoms with Crippen LogP contribution in [0, 0.1) is 0 Å². The van der Waals surface area contributed by atoms with Gasteiger partial charge in [-0.25, -0.2) is 4.98 Å². The maximum absolute atomic E-state index is 13.3. The van der Waals surface area contributed by atoms with Crippen LogP contribution >= 0.6 is 23.4 Å². The standard InChI is InChI=1S/C25H24ClN5O2S/c26-18-12-10-17(11-13-18)15-27-21(32)16-34-25-28-23-22(20-9-5-2-6-14-30(20)25)24(33)31(29-23)19-7-3-1-4-8-19/h1,3-4,7-8,10-13H,2,5-6,9,14-16H2,(H,27,32). The molecule has 34 heavy (non-hydrogen) atoms. The predicted octanol–water partition coefficient (Wildman–Crippen LogP) is 4.32. The molecule has 9 heteroatoms. The normalized spacial score (nSPS) is 13.4. The van der Waals surface area contributed by atoms with Gasteiger partial charge in [0.1, 0.15) is 5.56 Å². The van der Waals surface area contributed by atoms with Gasteiger partial charge in [0.05, 0.1) is 11.4 Å². The number of carbonyl (C=O) groups is 1. The maximum Gasteiger partial charge on any atom is 0.284 e. The summed E-state index contributed by atoms with van der Waals surface area (Å²) in [5, 5.41) is 8.88. The van der Waals surface area contributed by atoms with Gasteiger partial charge in [0.2, 0.25) is 5.91 Å². The molecule has 0 aliphatic carbocycles. The van der Waals surface area contributed by atoms with Crippen LogP contribution in [-0.4, -0.2) is 31.0 Å². The Morgan fingerprint density at radius 3 is 2.65 bits per heavy atom. The highest BCUT2D eigenvalue weighted by atomic mass is 35.5. The van der Waals surface area contributed by atoms with Crippen molar-refractivity contribution in [3.8, 4) is 17.1 Å². The zero-order valence-electron chi connectivity index (χ0n) is 18.5. The minimum absolute atomic E-state index is 0.0795. The molecule has 0 saturated carbocycles. The van der Waals surface area contributed by atoms with Gasteiger partial charge in [-0.15, -0.1) is 5.10 Å². The monoisotopic (exact) mass is 493 g/mol. The van der Waals surface area contributed by atoms with Crippen LogP contribution in [0.3, 0.4) is 0 Å². The Morgan fingerprint density at radius 1 is 1.06 bits per heavy atom. The number of fused-ring (bicyclic) bond motifs is 3. The molecule has 174 valence electrons. The van der Waals surface area contributed by atoms with Crippen LogP contribution in [0.25, 0.3) is 17.1 Å². The first-order valence-corrected chi connectivity index (χ1v) is 12.7. The smallest absolute Gasteiger partial charge is 0.284 e. The number of nitrogens with zero attached hydrogens (tertiary/aromatic N) is 4. The molecule has 5 rings (SSSR count). The number of rotatable bonds is 6. The molecule has 0 spiro atoms. The predicted molar refractivity (Wildman–Crippen MR) is 134 cm³/mol. The van der Waals surface area contributed by atoms with E-state index in [4.69, 9.17) is 16.6 Å². The second kappa shape index (κ2) is 10.0. The zero-order valence-corrected chi connectivity index (χ0v) is 20.1. The van der Waals surface area contributed by atoms with E-state index in [1.54, 1.807) is 0 Å². The Hall–Kier alpha value is -3.10. The van der Waals surface area contributed by atoms with Crippen LogP contribution in [-0.2, 0) is 24.3 Å². The molecule has 2 aromatic rings. The third-order valence-corrected chi connectivity index (χ3v) is 7.13. The third-order valence-electron chi connectivity index (χ3n) is 5.90. The van der Waals surface area contributed by atoms with Crippen LogP contribution in [0.1, 0.15) is 30.5 Å². The van der Waals surface area contributed by atoms with Gasteiger partial charge < -0.3 is 9.88 Å². The highest BCUT2D eigenvalue weighted by molar-refractivity contribution is 7.99. The zero-order chi connectivity index (χ0) is 23.5. The van der Waals surface area contributed by atoms with Crippen molar-refractivity contribution >= 4 is 29.3 Å². The van der Waals surface area contributed by atoms with Gasteiger partial charge in [0, 0.05) is 23.8 Å². The fourth-order valence-corrected chi connectivity index (χ4v) is 5.19. The molecule has 0 bridgehead atoms. The van der Waals surface area contributed by atoms with Crippen molar-refractivity contribution in [3.63, 3.8) is 0 Å². The molecule has 1 N–H and O–H groups in total. The topological polar surface area (TPSA) is 81.8 Å². The number of hydrogen-bond donors (Lipinski definition) is 1. The number of aromatic nitrogens is 4. The van der Waals surface area contributed by atoms with Crippen LogP contribution in [0.15, 0.2) is 64.5 Å². The fraction of sp³-hybridized carbons (Fsp3) is 0.280. The average Bonchev–Trinajstić information content (AvgIpc) is 3.02. The molecule has 3 aliphatic heterocycles. The summed E-state index contributed by atoms with van der Waals surface area (Å²) in [6.07, 6.45) is 3.92. The molecule has 7 nitrogen and oxygen atoms in total. The van der Waals surface area contributed by atoms with Crippen LogP contribution in [0.2, 0.25) is 5.02 Å². The van der Waals surface area contributed by atoms with Crippen molar-refractivity contribution in [1.29, 1.82) is 0 Å². The van der Waals surface area contributed by atoms with Crippen molar-refractivity contribution in [2.45, 2.75) is 43.9 Å². The summed E-state index contributed by atoms with van der Waals surface area (Å²) >= 11 is 7.31. The molecule has 0 atom stereocenters. The van der Waals surface area contributed by atoms with Gasteiger partial charge in [0.15, 0.2) is 11.0 Å². The highest BCUT2D eigenvalue weighted by Crippen LogP contribution is 2.30. The number of thioether (sulfide) groups is 1. The van der Waals surface area contributed by atoms with Gasteiger partial charge in [-0.3, -0.25) is 9.59 Å². The Balaban J connectivity index is 1.41. The van der Waals surface area contributed by atoms with Crippen molar-refractivity contribution in [1.82, 2.24) is 24.6 Å². The van der Waals surface area contributed by atoms with Crippen molar-refractivity contribution in [2.75, 3.05) is 5.75 Å². The summed E-state index contributed by atoms with van der Waals surface area (Å²) in [6.45, 7) is 1.22. The first-order valence-electron chi connectivity index (χ1n) is 11.3. The summed E-state index contributed by atoms with van der Waals surface area (Å²) < 4.78 is 3.54. The number of nitrogens with one attached hydrogen (secondary N) is 1. The maximum atomic E-state index is 13.3. The van der Waals surface area contributed by atoms with Crippen LogP contribution in [0.5, 0.6) is 0 Å². The van der Waals surface area contributed by atoms with Crippen molar-refractivity contribution in [3.05, 3.63) is 81.2 Å². The molecule has 2 aromatic carbocycles. The van der Waals surface area contributed by atoms with E-state index in [1.165, 1.54) is 16.4 Å². The summed E-state index contributed by atoms with van der Waals surface area (Å²) in [7, 11) is 0. The van der Waals surface area contributed by atoms with Gasteiger partial charge in [-0.1, -0.05) is 60.1 Å². The second-order valence-electron chi connectivity index (χ2n) is 8.25. The van der Waals surface area contributed by atoms with E-state index >= 15 is 0 Å². The summed E-state index contributed by atoms with van der Waals surface area (Å²) in [5.41, 5.74) is 3.12. The Bertz CT molecular complexity index is 1330. The lowest BCUT2D eigenvalue weighted by molar-refractivity contribution is -0.118. The lowest BCUT2D eigenvalue weighted by Crippen LogP contribution is -2.25. The lowest BCUT2D eigenvalue weighted by Gasteiger charge is -2.17. The van der Waals surface area contributed by atoms with Crippen molar-refractivity contribution < 1.29 is 4.79 Å². The first-order chi connectivity index (χ1) is 16.6. The van der Waals surface area contributed by atoms with Crippen molar-refractivity contribution in [2.24, 2.45) is 0 Å². The van der Waals surface area contributed by atoms with E-state index in [1.807, 2.05) is 54.6 Å². The van der Waals surface area contributed by atoms with Gasteiger partial charge >= 0.3 is 0 Å². The Labute approximate surface area is 206 Å². The van der Waals surface area contributed by atoms with E-state index in [0.717, 1.165) is 48.6 Å². The summed E-state index contributed by atoms with van der Waals surface area (Å²) in [5.74, 6) is 0.588. The summed E-state index contributed by atoms with van der Waals surface area (Å²) in [6, 6.07) is 16.8. The number of hydrogen-bond acceptors (Lipinski definition) is 5. The number of halogens is 1. The molecule has 3 heterocycles. The Morgan fingerprint density at radius 2 is 1.85 bits per heavy atom. The van der Waals surface area contributed by atoms with E-state index in [-0.39, 0.29) is 17.2 Å². The van der Waals surface area contributed by atoms with Crippen LogP contribution in [0.4, 0.5) is 0 Å². The summed E-state index contributed by atoms with van der Waals surface area (Å²) in [4.78, 5) is 30.6. The quantitative estimate of drug-likeness (QED) is 0.319. The minimum atomic E-state index is -0.142.